The van der Waals surface area contributed by atoms with Crippen LogP contribution in [0.25, 0.3) is 0 Å². The van der Waals surface area contributed by atoms with Crippen LogP contribution in [-0.4, -0.2) is 54.6 Å². The van der Waals surface area contributed by atoms with E-state index in [1.807, 2.05) is 13.8 Å². The summed E-state index contributed by atoms with van der Waals surface area (Å²) in [5, 5.41) is 23.4. The normalized spacial score (nSPS) is 12.5. The summed E-state index contributed by atoms with van der Waals surface area (Å²) in [5.74, 6) is 0. The van der Waals surface area contributed by atoms with Gasteiger partial charge in [0.05, 0.1) is 6.20 Å². The first-order valence-electron chi connectivity index (χ1n) is 8.87. The first-order valence-corrected chi connectivity index (χ1v) is 13.5. The summed E-state index contributed by atoms with van der Waals surface area (Å²) in [6.45, 7) is 3.81. The standard InChI is InChI=1S/C6H11N3O2S.C4H4F3N3O2S.C4H7N3O2S/c1-5(2)9-4-6(3-8-9)12(7,10)11;5-4(6,7)10-2-1-3(9-10)13(8,11)12;1-7-3-2-4(6-7)10(5,8)9/h3-5H,1-2H3,(H2,7,10,11);1-2H,(H2,8,11,12);2-3H,1H3,(H2,5,8,9). The first-order chi connectivity index (χ1) is 15.6. The van der Waals surface area contributed by atoms with E-state index in [1.165, 1.54) is 29.3 Å². The van der Waals surface area contributed by atoms with E-state index in [1.54, 1.807) is 11.7 Å². The molecule has 0 bridgehead atoms. The van der Waals surface area contributed by atoms with E-state index in [0.717, 1.165) is 0 Å². The summed E-state index contributed by atoms with van der Waals surface area (Å²) >= 11 is 0. The van der Waals surface area contributed by atoms with E-state index in [0.29, 0.717) is 12.3 Å². The van der Waals surface area contributed by atoms with Gasteiger partial charge in [0.2, 0.25) is 10.0 Å². The van der Waals surface area contributed by atoms with Gasteiger partial charge in [-0.2, -0.15) is 20.0 Å². The summed E-state index contributed by atoms with van der Waals surface area (Å²) in [6, 6.07) is 2.15. The highest BCUT2D eigenvalue weighted by atomic mass is 32.2. The van der Waals surface area contributed by atoms with E-state index in [2.05, 4.69) is 20.4 Å². The topological polar surface area (TPSA) is 234 Å². The highest BCUT2D eigenvalue weighted by molar-refractivity contribution is 7.89. The van der Waals surface area contributed by atoms with Gasteiger partial charge >= 0.3 is 6.30 Å². The van der Waals surface area contributed by atoms with Crippen LogP contribution in [0, 0.1) is 0 Å². The van der Waals surface area contributed by atoms with Gasteiger partial charge < -0.3 is 0 Å². The fourth-order valence-corrected chi connectivity index (χ4v) is 3.29. The molecule has 0 amide bonds. The summed E-state index contributed by atoms with van der Waals surface area (Å²) in [5.41, 5.74) is 0. The number of alkyl halides is 3. The van der Waals surface area contributed by atoms with Gasteiger partial charge in [0.25, 0.3) is 20.0 Å². The Labute approximate surface area is 198 Å². The number of nitrogens with zero attached hydrogens (tertiary/aromatic N) is 6. The number of nitrogens with two attached hydrogens (primary N) is 3. The van der Waals surface area contributed by atoms with Crippen molar-refractivity contribution in [2.24, 2.45) is 22.5 Å². The zero-order chi connectivity index (χ0) is 27.4. The molecule has 0 radical (unpaired) electrons. The minimum atomic E-state index is -4.73. The van der Waals surface area contributed by atoms with Crippen LogP contribution in [0.3, 0.4) is 0 Å². The molecule has 3 heterocycles. The highest BCUT2D eigenvalue weighted by Gasteiger charge is 2.32. The molecular weight excluding hydrogens is 543 g/mol. The molecule has 0 aliphatic carbocycles. The molecule has 3 aromatic rings. The molecule has 3 aromatic heterocycles. The van der Waals surface area contributed by atoms with Crippen LogP contribution in [0.5, 0.6) is 0 Å². The van der Waals surface area contributed by atoms with Crippen LogP contribution in [0.15, 0.2) is 51.9 Å². The smallest absolute Gasteiger partial charge is 0.274 e. The highest BCUT2D eigenvalue weighted by Crippen LogP contribution is 2.21. The van der Waals surface area contributed by atoms with Gasteiger partial charge in [-0.1, -0.05) is 0 Å². The second kappa shape index (κ2) is 10.8. The Hall–Kier alpha value is -2.85. The van der Waals surface area contributed by atoms with Crippen LogP contribution >= 0.6 is 0 Å². The number of hydrogen-bond acceptors (Lipinski definition) is 9. The molecular formula is C14H22F3N9O6S3. The van der Waals surface area contributed by atoms with E-state index in [9.17, 15) is 38.4 Å². The maximum atomic E-state index is 11.9. The maximum absolute atomic E-state index is 11.9. The van der Waals surface area contributed by atoms with Crippen LogP contribution in [-0.2, 0) is 43.4 Å². The van der Waals surface area contributed by atoms with Gasteiger partial charge in [-0.25, -0.2) is 40.7 Å². The molecule has 6 N–H and O–H groups in total. The van der Waals surface area contributed by atoms with E-state index < -0.39 is 46.1 Å². The number of halogens is 3. The number of hydrogen-bond donors (Lipinski definition) is 3. The lowest BCUT2D eigenvalue weighted by atomic mass is 10.4. The molecule has 0 spiro atoms. The SMILES string of the molecule is CC(C)n1cc(S(N)(=O)=O)cn1.Cn1ccc(S(N)(=O)=O)n1.NS(=O)(=O)c1ccn(C(F)(F)F)n1. The minimum absolute atomic E-state index is 0.0520. The van der Waals surface area contributed by atoms with Crippen molar-refractivity contribution in [3.63, 3.8) is 0 Å². The van der Waals surface area contributed by atoms with E-state index in [-0.39, 0.29) is 16.0 Å². The van der Waals surface area contributed by atoms with Gasteiger partial charge in [0.1, 0.15) is 4.90 Å². The summed E-state index contributed by atoms with van der Waals surface area (Å²) in [6.07, 6.45) is -0.0856. The largest absolute Gasteiger partial charge is 0.504 e. The van der Waals surface area contributed by atoms with Crippen LogP contribution in [0.2, 0.25) is 0 Å². The summed E-state index contributed by atoms with van der Waals surface area (Å²) < 4.78 is 102. The predicted molar refractivity (Wildman–Crippen MR) is 113 cm³/mol. The Morgan fingerprint density at radius 3 is 1.57 bits per heavy atom. The fraction of sp³-hybridized carbons (Fsp3) is 0.357. The third-order valence-corrected chi connectivity index (χ3v) is 6.00. The van der Waals surface area contributed by atoms with Crippen molar-refractivity contribution in [2.75, 3.05) is 0 Å². The van der Waals surface area contributed by atoms with Gasteiger partial charge in [-0.05, 0) is 26.0 Å². The zero-order valence-corrected chi connectivity index (χ0v) is 20.7. The summed E-state index contributed by atoms with van der Waals surface area (Å²) in [4.78, 5) is 0.0520. The van der Waals surface area contributed by atoms with Gasteiger partial charge in [-0.3, -0.25) is 9.36 Å². The van der Waals surface area contributed by atoms with Gasteiger partial charge in [0.15, 0.2) is 10.1 Å². The van der Waals surface area contributed by atoms with Crippen LogP contribution in [0.4, 0.5) is 13.2 Å². The Balaban J connectivity index is 0.000000265. The second-order valence-corrected chi connectivity index (χ2v) is 11.4. The molecule has 198 valence electrons. The minimum Gasteiger partial charge on any atom is -0.274 e. The molecule has 0 fully saturated rings. The zero-order valence-electron chi connectivity index (χ0n) is 18.3. The molecule has 35 heavy (non-hydrogen) atoms. The van der Waals surface area contributed by atoms with Crippen molar-refractivity contribution in [3.8, 4) is 0 Å². The Morgan fingerprint density at radius 1 is 0.857 bits per heavy atom. The molecule has 0 saturated carbocycles. The molecule has 0 aliphatic rings. The molecule has 0 aromatic carbocycles. The number of aryl methyl sites for hydroxylation is 1. The Morgan fingerprint density at radius 2 is 1.34 bits per heavy atom. The number of sulfonamides is 3. The van der Waals surface area contributed by atoms with Crippen molar-refractivity contribution in [1.29, 1.82) is 0 Å². The van der Waals surface area contributed by atoms with E-state index >= 15 is 0 Å². The maximum Gasteiger partial charge on any atom is 0.504 e. The molecule has 0 unspecified atom stereocenters. The monoisotopic (exact) mass is 565 g/mol. The van der Waals surface area contributed by atoms with Gasteiger partial charge in [-0.15, -0.1) is 13.2 Å². The average molecular weight is 566 g/mol. The molecule has 0 atom stereocenters. The average Bonchev–Trinajstić information content (AvgIpc) is 3.40. The quantitative estimate of drug-likeness (QED) is 0.358. The lowest BCUT2D eigenvalue weighted by Gasteiger charge is -2.03. The molecule has 0 saturated heterocycles. The number of rotatable bonds is 4. The van der Waals surface area contributed by atoms with Crippen LogP contribution in [0.1, 0.15) is 19.9 Å². The number of aromatic nitrogens is 6. The van der Waals surface area contributed by atoms with Gasteiger partial charge in [0, 0.05) is 31.7 Å². The van der Waals surface area contributed by atoms with Crippen molar-refractivity contribution in [3.05, 3.63) is 36.9 Å². The van der Waals surface area contributed by atoms with Crippen molar-refractivity contribution in [2.45, 2.75) is 41.1 Å². The van der Waals surface area contributed by atoms with Crippen LogP contribution < -0.4 is 15.4 Å². The molecule has 0 aliphatic heterocycles. The lowest BCUT2D eigenvalue weighted by molar-refractivity contribution is -0.212. The molecule has 3 rings (SSSR count). The lowest BCUT2D eigenvalue weighted by Crippen LogP contribution is -2.19. The van der Waals surface area contributed by atoms with E-state index in [4.69, 9.17) is 10.3 Å². The summed E-state index contributed by atoms with van der Waals surface area (Å²) in [7, 11) is -9.77. The van der Waals surface area contributed by atoms with Crippen molar-refractivity contribution < 1.29 is 38.4 Å². The third-order valence-electron chi connectivity index (χ3n) is 3.53. The Kier molecular flexibility index (Phi) is 9.33. The second-order valence-electron chi connectivity index (χ2n) is 6.78. The predicted octanol–water partition coefficient (Wildman–Crippen LogP) is -0.814. The third kappa shape index (κ3) is 9.73. The first kappa shape index (κ1) is 30.2. The number of primary sulfonamides is 3. The molecule has 21 heteroatoms. The molecule has 15 nitrogen and oxygen atoms in total. The Bertz CT molecular complexity index is 1460. The fourth-order valence-electron chi connectivity index (χ4n) is 1.90. The van der Waals surface area contributed by atoms with Crippen molar-refractivity contribution in [1.82, 2.24) is 29.3 Å². The van der Waals surface area contributed by atoms with Crippen molar-refractivity contribution >= 4 is 30.1 Å².